The zero-order valence-corrected chi connectivity index (χ0v) is 9.79. The van der Waals surface area contributed by atoms with Gasteiger partial charge < -0.3 is 26.4 Å². The maximum Gasteiger partial charge on any atom is 0.259 e. The highest BCUT2D eigenvalue weighted by Gasteiger charge is 2.13. The molecule has 0 unspecified atom stereocenters. The van der Waals surface area contributed by atoms with Gasteiger partial charge in [0.1, 0.15) is 17.2 Å². The molecule has 0 aliphatic rings. The number of nitrogens with one attached hydrogen (secondary N) is 1. The number of nitrogens with two attached hydrogens (primary N) is 1. The minimum Gasteiger partial charge on any atom is -0.508 e. The highest BCUT2D eigenvalue weighted by molar-refractivity contribution is 6.07. The average Bonchev–Trinajstić information content (AvgIpc) is 2.35. The maximum atomic E-state index is 11.9. The third-order valence-electron chi connectivity index (χ3n) is 2.51. The van der Waals surface area contributed by atoms with E-state index in [2.05, 4.69) is 5.32 Å². The van der Waals surface area contributed by atoms with E-state index >= 15 is 0 Å². The summed E-state index contributed by atoms with van der Waals surface area (Å²) < 4.78 is 0. The summed E-state index contributed by atoms with van der Waals surface area (Å²) in [6.45, 7) is 0. The molecule has 0 radical (unpaired) electrons. The minimum atomic E-state index is -0.620. The molecule has 0 aromatic heterocycles. The highest BCUT2D eigenvalue weighted by Crippen LogP contribution is 2.26. The Kier molecular flexibility index (Phi) is 3.15. The van der Waals surface area contributed by atoms with Gasteiger partial charge in [0.2, 0.25) is 0 Å². The lowest BCUT2D eigenvalue weighted by Gasteiger charge is -2.09. The Morgan fingerprint density at radius 1 is 1.00 bits per heavy atom. The average molecular weight is 260 g/mol. The highest BCUT2D eigenvalue weighted by atomic mass is 16.3. The number of aromatic hydroxyl groups is 3. The summed E-state index contributed by atoms with van der Waals surface area (Å²) in [6, 6.07) is 7.71. The minimum absolute atomic E-state index is 0.0179. The SMILES string of the molecule is Nc1cc(O)ccc1NC(=O)c1cc(O)ccc1O. The van der Waals surface area contributed by atoms with Crippen molar-refractivity contribution >= 4 is 17.3 Å². The van der Waals surface area contributed by atoms with Gasteiger partial charge in [0.05, 0.1) is 16.9 Å². The van der Waals surface area contributed by atoms with Gasteiger partial charge >= 0.3 is 0 Å². The van der Waals surface area contributed by atoms with Crippen molar-refractivity contribution in [2.75, 3.05) is 11.1 Å². The van der Waals surface area contributed by atoms with Gasteiger partial charge in [-0.05, 0) is 30.3 Å². The molecule has 0 saturated heterocycles. The van der Waals surface area contributed by atoms with Crippen molar-refractivity contribution < 1.29 is 20.1 Å². The zero-order valence-electron chi connectivity index (χ0n) is 9.79. The number of carbonyl (C=O) groups excluding carboxylic acids is 1. The number of amides is 1. The van der Waals surface area contributed by atoms with Gasteiger partial charge in [-0.3, -0.25) is 4.79 Å². The van der Waals surface area contributed by atoms with Gasteiger partial charge in [-0.15, -0.1) is 0 Å². The Labute approximate surface area is 108 Å². The predicted octanol–water partition coefficient (Wildman–Crippen LogP) is 1.64. The summed E-state index contributed by atoms with van der Waals surface area (Å²) in [4.78, 5) is 11.9. The second-order valence-electron chi connectivity index (χ2n) is 3.93. The number of rotatable bonds is 2. The summed E-state index contributed by atoms with van der Waals surface area (Å²) in [7, 11) is 0. The van der Waals surface area contributed by atoms with Crippen LogP contribution >= 0.6 is 0 Å². The number of nitrogen functional groups attached to an aromatic ring is 1. The second-order valence-corrected chi connectivity index (χ2v) is 3.93. The third-order valence-corrected chi connectivity index (χ3v) is 2.51. The van der Waals surface area contributed by atoms with Crippen molar-refractivity contribution in [3.63, 3.8) is 0 Å². The first-order valence-corrected chi connectivity index (χ1v) is 5.39. The van der Waals surface area contributed by atoms with Crippen molar-refractivity contribution in [3.05, 3.63) is 42.0 Å². The first-order valence-electron chi connectivity index (χ1n) is 5.39. The van der Waals surface area contributed by atoms with Gasteiger partial charge in [0.25, 0.3) is 5.91 Å². The third kappa shape index (κ3) is 2.68. The number of hydrogen-bond acceptors (Lipinski definition) is 5. The molecule has 0 fully saturated rings. The molecule has 2 aromatic rings. The molecule has 0 spiro atoms. The zero-order chi connectivity index (χ0) is 14.0. The molecular weight excluding hydrogens is 248 g/mol. The van der Waals surface area contributed by atoms with Crippen molar-refractivity contribution in [2.45, 2.75) is 0 Å². The molecule has 6 heteroatoms. The predicted molar refractivity (Wildman–Crippen MR) is 70.2 cm³/mol. The van der Waals surface area contributed by atoms with Crippen molar-refractivity contribution in [2.24, 2.45) is 0 Å². The van der Waals surface area contributed by atoms with Crippen LogP contribution in [0.1, 0.15) is 10.4 Å². The van der Waals surface area contributed by atoms with E-state index in [1.54, 1.807) is 0 Å². The fraction of sp³-hybridized carbons (Fsp3) is 0. The number of anilines is 2. The maximum absolute atomic E-state index is 11.9. The van der Waals surface area contributed by atoms with Crippen LogP contribution in [0.4, 0.5) is 11.4 Å². The Morgan fingerprint density at radius 2 is 1.63 bits per heavy atom. The lowest BCUT2D eigenvalue weighted by molar-refractivity contribution is 0.102. The quantitative estimate of drug-likeness (QED) is 0.416. The van der Waals surface area contributed by atoms with Gasteiger partial charge in [-0.2, -0.15) is 0 Å². The van der Waals surface area contributed by atoms with E-state index in [-0.39, 0.29) is 28.5 Å². The number of phenolic OH excluding ortho intramolecular Hbond substituents is 3. The molecule has 2 aromatic carbocycles. The molecule has 0 aliphatic heterocycles. The molecule has 2 rings (SSSR count). The van der Waals surface area contributed by atoms with E-state index in [0.29, 0.717) is 5.69 Å². The monoisotopic (exact) mass is 260 g/mol. The smallest absolute Gasteiger partial charge is 0.259 e. The summed E-state index contributed by atoms with van der Waals surface area (Å²) in [5, 5.41) is 30.5. The molecule has 0 atom stereocenters. The normalized spacial score (nSPS) is 10.1. The summed E-state index contributed by atoms with van der Waals surface area (Å²) in [6.07, 6.45) is 0. The largest absolute Gasteiger partial charge is 0.508 e. The number of benzene rings is 2. The molecular formula is C13H12N2O4. The van der Waals surface area contributed by atoms with Gasteiger partial charge in [-0.25, -0.2) is 0 Å². The van der Waals surface area contributed by atoms with E-state index in [9.17, 15) is 20.1 Å². The molecule has 0 heterocycles. The first kappa shape index (κ1) is 12.6. The molecule has 0 aliphatic carbocycles. The Balaban J connectivity index is 2.28. The van der Waals surface area contributed by atoms with E-state index in [1.165, 1.54) is 30.3 Å². The van der Waals surface area contributed by atoms with Crippen LogP contribution in [0.2, 0.25) is 0 Å². The number of carbonyl (C=O) groups is 1. The number of hydrogen-bond donors (Lipinski definition) is 5. The van der Waals surface area contributed by atoms with Gasteiger partial charge in [0.15, 0.2) is 0 Å². The fourth-order valence-corrected chi connectivity index (χ4v) is 1.56. The Morgan fingerprint density at radius 3 is 2.32 bits per heavy atom. The van der Waals surface area contributed by atoms with Crippen molar-refractivity contribution in [1.29, 1.82) is 0 Å². The molecule has 19 heavy (non-hydrogen) atoms. The number of phenols is 3. The fourth-order valence-electron chi connectivity index (χ4n) is 1.56. The van der Waals surface area contributed by atoms with Crippen molar-refractivity contribution in [1.82, 2.24) is 0 Å². The lowest BCUT2D eigenvalue weighted by Crippen LogP contribution is -2.13. The first-order chi connectivity index (χ1) is 8.97. The van der Waals surface area contributed by atoms with Gasteiger partial charge in [0, 0.05) is 6.07 Å². The van der Waals surface area contributed by atoms with Crippen LogP contribution in [-0.4, -0.2) is 21.2 Å². The van der Waals surface area contributed by atoms with E-state index in [4.69, 9.17) is 5.73 Å². The molecule has 1 amide bonds. The van der Waals surface area contributed by atoms with Gasteiger partial charge in [-0.1, -0.05) is 0 Å². The molecule has 6 nitrogen and oxygen atoms in total. The summed E-state index contributed by atoms with van der Waals surface area (Å²) >= 11 is 0. The molecule has 98 valence electrons. The van der Waals surface area contributed by atoms with Crippen LogP contribution in [0, 0.1) is 0 Å². The molecule has 0 saturated carbocycles. The second kappa shape index (κ2) is 4.77. The lowest BCUT2D eigenvalue weighted by atomic mass is 10.1. The van der Waals surface area contributed by atoms with E-state index in [1.807, 2.05) is 0 Å². The van der Waals surface area contributed by atoms with Crippen LogP contribution in [-0.2, 0) is 0 Å². The Hall–Kier alpha value is -2.89. The van der Waals surface area contributed by atoms with Crippen LogP contribution in [0.15, 0.2) is 36.4 Å². The molecule has 6 N–H and O–H groups in total. The summed E-state index contributed by atoms with van der Waals surface area (Å²) in [5.41, 5.74) is 6.04. The van der Waals surface area contributed by atoms with Crippen LogP contribution in [0.3, 0.4) is 0 Å². The Bertz CT molecular complexity index is 641. The summed E-state index contributed by atoms with van der Waals surface area (Å²) in [5.74, 6) is -1.03. The molecule has 0 bridgehead atoms. The van der Waals surface area contributed by atoms with E-state index in [0.717, 1.165) is 6.07 Å². The van der Waals surface area contributed by atoms with Crippen LogP contribution < -0.4 is 11.1 Å². The topological polar surface area (TPSA) is 116 Å². The standard InChI is InChI=1S/C13H12N2O4/c14-10-6-8(17)1-3-11(10)15-13(19)9-5-7(16)2-4-12(9)18/h1-6,16-18H,14H2,(H,15,19). The van der Waals surface area contributed by atoms with Crippen LogP contribution in [0.25, 0.3) is 0 Å². The van der Waals surface area contributed by atoms with E-state index < -0.39 is 5.91 Å². The van der Waals surface area contributed by atoms with Crippen LogP contribution in [0.5, 0.6) is 17.2 Å². The van der Waals surface area contributed by atoms with Crippen molar-refractivity contribution in [3.8, 4) is 17.2 Å².